The van der Waals surface area contributed by atoms with Gasteiger partial charge in [0.25, 0.3) is 0 Å². The van der Waals surface area contributed by atoms with Crippen LogP contribution in [0.15, 0.2) is 54.6 Å². The lowest BCUT2D eigenvalue weighted by Gasteiger charge is -2.07. The van der Waals surface area contributed by atoms with E-state index in [1.165, 1.54) is 30.4 Å². The molecule has 0 fully saturated rings. The van der Waals surface area contributed by atoms with Crippen LogP contribution in [-0.2, 0) is 6.42 Å². The van der Waals surface area contributed by atoms with Gasteiger partial charge in [0.05, 0.1) is 0 Å². The van der Waals surface area contributed by atoms with E-state index >= 15 is 0 Å². The molecular weight excluding hydrogens is 268 g/mol. The number of hydrogen-bond donors (Lipinski definition) is 0. The summed E-state index contributed by atoms with van der Waals surface area (Å²) in [6.45, 7) is 4.41. The number of allylic oxidation sites excluding steroid dienone is 1. The van der Waals surface area contributed by atoms with Crippen molar-refractivity contribution in [3.05, 3.63) is 65.7 Å². The average molecular weight is 294 g/mol. The van der Waals surface area contributed by atoms with Gasteiger partial charge in [0.2, 0.25) is 0 Å². The van der Waals surface area contributed by atoms with Crippen molar-refractivity contribution in [1.82, 2.24) is 0 Å². The van der Waals surface area contributed by atoms with Crippen LogP contribution in [0.5, 0.6) is 11.5 Å². The Hall–Kier alpha value is -2.02. The zero-order valence-electron chi connectivity index (χ0n) is 13.7. The number of hydrogen-bond acceptors (Lipinski definition) is 1. The van der Waals surface area contributed by atoms with Crippen LogP contribution in [0.3, 0.4) is 0 Å². The largest absolute Gasteiger partial charge is 0.457 e. The van der Waals surface area contributed by atoms with Gasteiger partial charge in [-0.15, -0.1) is 0 Å². The maximum atomic E-state index is 5.89. The molecule has 0 atom stereocenters. The highest BCUT2D eigenvalue weighted by Crippen LogP contribution is 2.22. The van der Waals surface area contributed by atoms with Crippen molar-refractivity contribution < 1.29 is 4.74 Å². The Morgan fingerprint density at radius 3 is 2.05 bits per heavy atom. The van der Waals surface area contributed by atoms with Gasteiger partial charge in [0, 0.05) is 0 Å². The molecule has 0 aromatic heterocycles. The zero-order chi connectivity index (χ0) is 15.6. The minimum atomic E-state index is 0.883. The monoisotopic (exact) mass is 294 g/mol. The van der Waals surface area contributed by atoms with E-state index in [4.69, 9.17) is 4.74 Å². The number of rotatable bonds is 8. The summed E-state index contributed by atoms with van der Waals surface area (Å²) >= 11 is 0. The zero-order valence-corrected chi connectivity index (χ0v) is 13.7. The van der Waals surface area contributed by atoms with Crippen LogP contribution in [0.25, 0.3) is 6.08 Å². The quantitative estimate of drug-likeness (QED) is 0.496. The third-order valence-electron chi connectivity index (χ3n) is 3.61. The summed E-state index contributed by atoms with van der Waals surface area (Å²) in [6, 6.07) is 16.6. The third-order valence-corrected chi connectivity index (χ3v) is 3.61. The Morgan fingerprint density at radius 1 is 0.818 bits per heavy atom. The molecule has 1 heteroatoms. The van der Waals surface area contributed by atoms with Gasteiger partial charge in [0.15, 0.2) is 0 Å². The fourth-order valence-corrected chi connectivity index (χ4v) is 2.34. The van der Waals surface area contributed by atoms with Gasteiger partial charge in [-0.25, -0.2) is 0 Å². The summed E-state index contributed by atoms with van der Waals surface area (Å²) in [4.78, 5) is 0. The molecule has 0 amide bonds. The van der Waals surface area contributed by atoms with Crippen molar-refractivity contribution in [3.63, 3.8) is 0 Å². The van der Waals surface area contributed by atoms with Crippen LogP contribution in [0.2, 0.25) is 0 Å². The molecule has 0 aliphatic carbocycles. The molecule has 2 rings (SSSR count). The maximum absolute atomic E-state index is 5.89. The van der Waals surface area contributed by atoms with Crippen molar-refractivity contribution in [3.8, 4) is 11.5 Å². The second-order valence-corrected chi connectivity index (χ2v) is 5.61. The van der Waals surface area contributed by atoms with Gasteiger partial charge in [-0.2, -0.15) is 0 Å². The number of unbranched alkanes of at least 4 members (excludes halogenated alkanes) is 2. The van der Waals surface area contributed by atoms with Gasteiger partial charge in [-0.05, 0) is 48.2 Å². The van der Waals surface area contributed by atoms with Gasteiger partial charge >= 0.3 is 0 Å². The van der Waals surface area contributed by atoms with E-state index in [1.54, 1.807) is 0 Å². The molecule has 22 heavy (non-hydrogen) atoms. The molecular formula is C21H26O. The SMILES string of the molecule is CCCC/C=C/c1ccc(Oc2ccc(CCC)cc2)cc1. The standard InChI is InChI=1S/C21H26O/c1-3-5-6-7-9-19-12-16-21(17-13-19)22-20-14-10-18(8-4-2)11-15-20/h7,9-17H,3-6,8H2,1-2H3/b9-7+. The Morgan fingerprint density at radius 2 is 1.45 bits per heavy atom. The molecule has 116 valence electrons. The van der Waals surface area contributed by atoms with Crippen LogP contribution in [0, 0.1) is 0 Å². The Labute approximate surface area is 134 Å². The summed E-state index contributed by atoms with van der Waals surface area (Å²) in [5.74, 6) is 1.78. The minimum Gasteiger partial charge on any atom is -0.457 e. The van der Waals surface area contributed by atoms with E-state index in [2.05, 4.69) is 50.3 Å². The summed E-state index contributed by atoms with van der Waals surface area (Å²) in [6.07, 6.45) is 10.4. The van der Waals surface area contributed by atoms with Crippen LogP contribution in [0.1, 0.15) is 50.7 Å². The van der Waals surface area contributed by atoms with E-state index in [9.17, 15) is 0 Å². The number of ether oxygens (including phenoxy) is 1. The molecule has 0 aliphatic heterocycles. The smallest absolute Gasteiger partial charge is 0.127 e. The molecule has 0 saturated heterocycles. The Bertz CT molecular complexity index is 564. The first-order valence-electron chi connectivity index (χ1n) is 8.35. The molecule has 0 saturated carbocycles. The lowest BCUT2D eigenvalue weighted by atomic mass is 10.1. The Balaban J connectivity index is 1.91. The van der Waals surface area contributed by atoms with E-state index in [-0.39, 0.29) is 0 Å². The first-order chi connectivity index (χ1) is 10.8. The average Bonchev–Trinajstić information content (AvgIpc) is 2.55. The molecule has 0 aliphatic rings. The fraction of sp³-hybridized carbons (Fsp3) is 0.333. The second kappa shape index (κ2) is 9.09. The lowest BCUT2D eigenvalue weighted by molar-refractivity contribution is 0.482. The number of aryl methyl sites for hydroxylation is 1. The van der Waals surface area contributed by atoms with Gasteiger partial charge < -0.3 is 4.74 Å². The predicted molar refractivity (Wildman–Crippen MR) is 95.5 cm³/mol. The van der Waals surface area contributed by atoms with Gasteiger partial charge in [-0.3, -0.25) is 0 Å². The molecule has 0 unspecified atom stereocenters. The fourth-order valence-electron chi connectivity index (χ4n) is 2.34. The lowest BCUT2D eigenvalue weighted by Crippen LogP contribution is -1.86. The van der Waals surface area contributed by atoms with Crippen LogP contribution < -0.4 is 4.74 Å². The van der Waals surface area contributed by atoms with Crippen LogP contribution in [-0.4, -0.2) is 0 Å². The molecule has 0 N–H and O–H groups in total. The van der Waals surface area contributed by atoms with E-state index in [0.717, 1.165) is 24.3 Å². The molecule has 0 radical (unpaired) electrons. The topological polar surface area (TPSA) is 9.23 Å². The molecule has 0 heterocycles. The molecule has 1 nitrogen and oxygen atoms in total. The van der Waals surface area contributed by atoms with Gasteiger partial charge in [0.1, 0.15) is 11.5 Å². The van der Waals surface area contributed by atoms with E-state index in [1.807, 2.05) is 24.3 Å². The molecule has 2 aromatic rings. The predicted octanol–water partition coefficient (Wildman–Crippen LogP) is 6.63. The van der Waals surface area contributed by atoms with Crippen molar-refractivity contribution in [2.75, 3.05) is 0 Å². The summed E-state index contributed by atoms with van der Waals surface area (Å²) in [5, 5.41) is 0. The maximum Gasteiger partial charge on any atom is 0.127 e. The summed E-state index contributed by atoms with van der Waals surface area (Å²) < 4.78 is 5.89. The minimum absolute atomic E-state index is 0.883. The first-order valence-corrected chi connectivity index (χ1v) is 8.35. The van der Waals surface area contributed by atoms with Crippen molar-refractivity contribution in [1.29, 1.82) is 0 Å². The highest BCUT2D eigenvalue weighted by Gasteiger charge is 1.98. The van der Waals surface area contributed by atoms with Gasteiger partial charge in [-0.1, -0.05) is 69.5 Å². The van der Waals surface area contributed by atoms with Crippen molar-refractivity contribution in [2.24, 2.45) is 0 Å². The summed E-state index contributed by atoms with van der Waals surface area (Å²) in [7, 11) is 0. The molecule has 0 spiro atoms. The number of benzene rings is 2. The van der Waals surface area contributed by atoms with Crippen molar-refractivity contribution in [2.45, 2.75) is 46.0 Å². The van der Waals surface area contributed by atoms with Crippen LogP contribution >= 0.6 is 0 Å². The molecule has 0 bridgehead atoms. The van der Waals surface area contributed by atoms with E-state index < -0.39 is 0 Å². The second-order valence-electron chi connectivity index (χ2n) is 5.61. The highest BCUT2D eigenvalue weighted by molar-refractivity contribution is 5.50. The summed E-state index contributed by atoms with van der Waals surface area (Å²) in [5.41, 5.74) is 2.59. The van der Waals surface area contributed by atoms with Crippen LogP contribution in [0.4, 0.5) is 0 Å². The molecule has 2 aromatic carbocycles. The van der Waals surface area contributed by atoms with E-state index in [0.29, 0.717) is 0 Å². The highest BCUT2D eigenvalue weighted by atomic mass is 16.5. The normalized spacial score (nSPS) is 11.0. The third kappa shape index (κ3) is 5.40. The van der Waals surface area contributed by atoms with Crippen molar-refractivity contribution >= 4 is 6.08 Å². The first kappa shape index (κ1) is 16.4. The Kier molecular flexibility index (Phi) is 6.76.